The van der Waals surface area contributed by atoms with Gasteiger partial charge in [-0.3, -0.25) is 0 Å². The van der Waals surface area contributed by atoms with E-state index in [4.69, 9.17) is 15.2 Å². The van der Waals surface area contributed by atoms with Crippen molar-refractivity contribution in [1.29, 1.82) is 0 Å². The molecule has 0 amide bonds. The quantitative estimate of drug-likeness (QED) is 0.766. The Balaban J connectivity index is 2.47. The van der Waals surface area contributed by atoms with Crippen molar-refractivity contribution in [2.45, 2.75) is 13.0 Å². The minimum absolute atomic E-state index is 0.247. The third-order valence-corrected chi connectivity index (χ3v) is 1.76. The van der Waals surface area contributed by atoms with Gasteiger partial charge in [0.2, 0.25) is 5.88 Å². The molecule has 0 aromatic carbocycles. The van der Waals surface area contributed by atoms with E-state index in [1.165, 1.54) is 12.1 Å². The maximum Gasteiger partial charge on any atom is 0.213 e. The number of hydrogen-bond acceptors (Lipinski definition) is 4. The van der Waals surface area contributed by atoms with Crippen LogP contribution in [0.15, 0.2) is 18.3 Å². The normalized spacial score (nSPS) is 12.5. The molecule has 1 aromatic heterocycles. The topological polar surface area (TPSA) is 57.4 Å². The Labute approximate surface area is 88.2 Å². The predicted octanol–water partition coefficient (Wildman–Crippen LogP) is 0.963. The lowest BCUT2D eigenvalue weighted by Crippen LogP contribution is -2.31. The van der Waals surface area contributed by atoms with Crippen molar-refractivity contribution in [3.63, 3.8) is 0 Å². The van der Waals surface area contributed by atoms with Gasteiger partial charge in [0.05, 0.1) is 12.8 Å². The van der Waals surface area contributed by atoms with Gasteiger partial charge >= 0.3 is 0 Å². The van der Waals surface area contributed by atoms with Crippen LogP contribution in [0.1, 0.15) is 6.92 Å². The smallest absolute Gasteiger partial charge is 0.213 e. The van der Waals surface area contributed by atoms with Gasteiger partial charge in [-0.15, -0.1) is 0 Å². The number of rotatable bonds is 6. The maximum atomic E-state index is 12.5. The standard InChI is InChI=1S/C10H15FN2O2/c1-2-14-7-9(5-12)15-10-4-3-8(11)6-13-10/h3-4,6,9H,2,5,7,12H2,1H3/t9-/m1/s1. The van der Waals surface area contributed by atoms with Crippen LogP contribution in [-0.2, 0) is 4.74 Å². The van der Waals surface area contributed by atoms with Crippen molar-refractivity contribution in [3.05, 3.63) is 24.1 Å². The molecule has 0 unspecified atom stereocenters. The summed E-state index contributed by atoms with van der Waals surface area (Å²) in [6, 6.07) is 2.75. The van der Waals surface area contributed by atoms with Gasteiger partial charge in [-0.2, -0.15) is 0 Å². The first-order valence-corrected chi connectivity index (χ1v) is 4.82. The zero-order valence-electron chi connectivity index (χ0n) is 8.65. The lowest BCUT2D eigenvalue weighted by molar-refractivity contribution is 0.0584. The Morgan fingerprint density at radius 2 is 2.33 bits per heavy atom. The molecule has 0 fully saturated rings. The molecule has 1 aromatic rings. The summed E-state index contributed by atoms with van der Waals surface area (Å²) in [6.07, 6.45) is 0.853. The molecule has 15 heavy (non-hydrogen) atoms. The molecule has 0 bridgehead atoms. The zero-order chi connectivity index (χ0) is 11.1. The molecule has 0 aliphatic carbocycles. The Kier molecular flexibility index (Phi) is 5.00. The van der Waals surface area contributed by atoms with E-state index in [2.05, 4.69) is 4.98 Å². The molecular formula is C10H15FN2O2. The summed E-state index contributed by atoms with van der Waals surface area (Å²) in [5.41, 5.74) is 5.48. The maximum absolute atomic E-state index is 12.5. The van der Waals surface area contributed by atoms with Gasteiger partial charge in [-0.1, -0.05) is 0 Å². The van der Waals surface area contributed by atoms with Gasteiger partial charge in [-0.25, -0.2) is 9.37 Å². The zero-order valence-corrected chi connectivity index (χ0v) is 8.65. The summed E-state index contributed by atoms with van der Waals surface area (Å²) >= 11 is 0. The average molecular weight is 214 g/mol. The third-order valence-electron chi connectivity index (χ3n) is 1.76. The second-order valence-corrected chi connectivity index (χ2v) is 2.95. The highest BCUT2D eigenvalue weighted by Gasteiger charge is 2.08. The second-order valence-electron chi connectivity index (χ2n) is 2.95. The highest BCUT2D eigenvalue weighted by molar-refractivity contribution is 5.11. The molecule has 0 saturated carbocycles. The minimum Gasteiger partial charge on any atom is -0.471 e. The van der Waals surface area contributed by atoms with E-state index in [0.717, 1.165) is 6.20 Å². The van der Waals surface area contributed by atoms with Crippen LogP contribution in [0.2, 0.25) is 0 Å². The van der Waals surface area contributed by atoms with Crippen molar-refractivity contribution in [1.82, 2.24) is 4.98 Å². The largest absolute Gasteiger partial charge is 0.471 e. The van der Waals surface area contributed by atoms with Crippen LogP contribution in [0.25, 0.3) is 0 Å². The first kappa shape index (κ1) is 11.9. The van der Waals surface area contributed by atoms with E-state index in [1.54, 1.807) is 0 Å². The molecule has 0 aliphatic heterocycles. The van der Waals surface area contributed by atoms with Crippen molar-refractivity contribution in [2.24, 2.45) is 5.73 Å². The fourth-order valence-electron chi connectivity index (χ4n) is 1.00. The van der Waals surface area contributed by atoms with Crippen molar-refractivity contribution in [3.8, 4) is 5.88 Å². The molecule has 1 atom stereocenters. The van der Waals surface area contributed by atoms with Crippen LogP contribution < -0.4 is 10.5 Å². The van der Waals surface area contributed by atoms with Gasteiger partial charge in [0, 0.05) is 19.2 Å². The lowest BCUT2D eigenvalue weighted by atomic mass is 10.4. The monoisotopic (exact) mass is 214 g/mol. The van der Waals surface area contributed by atoms with E-state index in [1.807, 2.05) is 6.92 Å². The summed E-state index contributed by atoms with van der Waals surface area (Å²) in [5.74, 6) is -0.0389. The number of pyridine rings is 1. The number of nitrogens with two attached hydrogens (primary N) is 1. The summed E-state index contributed by atoms with van der Waals surface area (Å²) in [5, 5.41) is 0. The molecule has 4 nitrogen and oxygen atoms in total. The SMILES string of the molecule is CCOC[C@@H](CN)Oc1ccc(F)cn1. The summed E-state index contributed by atoms with van der Waals surface area (Å²) in [7, 11) is 0. The molecule has 0 radical (unpaired) electrons. The van der Waals surface area contributed by atoms with E-state index in [-0.39, 0.29) is 6.10 Å². The summed E-state index contributed by atoms with van der Waals surface area (Å²) in [6.45, 7) is 3.24. The first-order valence-electron chi connectivity index (χ1n) is 4.82. The van der Waals surface area contributed by atoms with Crippen molar-refractivity contribution >= 4 is 0 Å². The molecule has 0 saturated heterocycles. The third kappa shape index (κ3) is 4.22. The summed E-state index contributed by atoms with van der Waals surface area (Å²) in [4.78, 5) is 3.77. The molecule has 0 aliphatic rings. The Morgan fingerprint density at radius 3 is 2.87 bits per heavy atom. The number of nitrogens with zero attached hydrogens (tertiary/aromatic N) is 1. The molecular weight excluding hydrogens is 199 g/mol. The van der Waals surface area contributed by atoms with Gasteiger partial charge in [-0.05, 0) is 13.0 Å². The lowest BCUT2D eigenvalue weighted by Gasteiger charge is -2.15. The van der Waals surface area contributed by atoms with Crippen LogP contribution >= 0.6 is 0 Å². The van der Waals surface area contributed by atoms with E-state index >= 15 is 0 Å². The van der Waals surface area contributed by atoms with Crippen LogP contribution in [0.3, 0.4) is 0 Å². The Bertz CT molecular complexity index is 279. The first-order chi connectivity index (χ1) is 7.26. The van der Waals surface area contributed by atoms with Crippen molar-refractivity contribution < 1.29 is 13.9 Å². The van der Waals surface area contributed by atoms with Gasteiger partial charge < -0.3 is 15.2 Å². The predicted molar refractivity (Wildman–Crippen MR) is 54.2 cm³/mol. The fraction of sp³-hybridized carbons (Fsp3) is 0.500. The van der Waals surface area contributed by atoms with Crippen LogP contribution in [0, 0.1) is 5.82 Å². The molecule has 1 rings (SSSR count). The van der Waals surface area contributed by atoms with Crippen LogP contribution in [0.4, 0.5) is 4.39 Å². The number of aromatic nitrogens is 1. The van der Waals surface area contributed by atoms with Crippen LogP contribution in [0.5, 0.6) is 5.88 Å². The van der Waals surface area contributed by atoms with Gasteiger partial charge in [0.15, 0.2) is 0 Å². The van der Waals surface area contributed by atoms with Gasteiger partial charge in [0.1, 0.15) is 11.9 Å². The fourth-order valence-corrected chi connectivity index (χ4v) is 1.00. The van der Waals surface area contributed by atoms with E-state index in [9.17, 15) is 4.39 Å². The molecule has 1 heterocycles. The van der Waals surface area contributed by atoms with Crippen LogP contribution in [-0.4, -0.2) is 30.8 Å². The molecule has 84 valence electrons. The number of hydrogen-bond donors (Lipinski definition) is 1. The molecule has 0 spiro atoms. The Hall–Kier alpha value is -1.20. The molecule has 5 heteroatoms. The Morgan fingerprint density at radius 1 is 1.53 bits per heavy atom. The van der Waals surface area contributed by atoms with Crippen molar-refractivity contribution in [2.75, 3.05) is 19.8 Å². The van der Waals surface area contributed by atoms with E-state index in [0.29, 0.717) is 25.6 Å². The highest BCUT2D eigenvalue weighted by atomic mass is 19.1. The number of ether oxygens (including phenoxy) is 2. The van der Waals surface area contributed by atoms with Gasteiger partial charge in [0.25, 0.3) is 0 Å². The number of halogens is 1. The second kappa shape index (κ2) is 6.31. The summed E-state index contributed by atoms with van der Waals surface area (Å²) < 4.78 is 23.1. The minimum atomic E-state index is -0.392. The van der Waals surface area contributed by atoms with E-state index < -0.39 is 5.82 Å². The molecule has 2 N–H and O–H groups in total. The highest BCUT2D eigenvalue weighted by Crippen LogP contribution is 2.08. The average Bonchev–Trinajstić information content (AvgIpc) is 2.27.